The normalized spacial score (nSPS) is 10.6. The summed E-state index contributed by atoms with van der Waals surface area (Å²) in [5.74, 6) is 1.14. The second-order valence-electron chi connectivity index (χ2n) is 5.68. The van der Waals surface area contributed by atoms with Gasteiger partial charge in [0.15, 0.2) is 17.3 Å². The Kier molecular flexibility index (Phi) is 6.84. The molecule has 0 atom stereocenters. The van der Waals surface area contributed by atoms with Gasteiger partial charge in [-0.15, -0.1) is 0 Å². The van der Waals surface area contributed by atoms with E-state index in [0.717, 1.165) is 5.56 Å². The quantitative estimate of drug-likeness (QED) is 0.368. The zero-order chi connectivity index (χ0) is 18.2. The molecule has 130 valence electrons. The topological polar surface area (TPSA) is 35.5 Å². The number of carbonyl (C=O) groups is 1. The van der Waals surface area contributed by atoms with Crippen molar-refractivity contribution in [2.45, 2.75) is 13.8 Å². The highest BCUT2D eigenvalue weighted by Gasteiger charge is 2.07. The van der Waals surface area contributed by atoms with Gasteiger partial charge in [-0.2, -0.15) is 0 Å². The van der Waals surface area contributed by atoms with Crippen LogP contribution in [0.4, 0.5) is 0 Å². The molecule has 0 heterocycles. The maximum atomic E-state index is 12.2. The summed E-state index contributed by atoms with van der Waals surface area (Å²) in [4.78, 5) is 12.2. The number of benzene rings is 2. The highest BCUT2D eigenvalue weighted by Crippen LogP contribution is 2.28. The highest BCUT2D eigenvalue weighted by molar-refractivity contribution is 6.34. The third-order valence-electron chi connectivity index (χ3n) is 3.48. The Morgan fingerprint density at radius 3 is 2.56 bits per heavy atom. The molecule has 0 unspecified atom stereocenters. The molecular formula is C21H21ClO3. The monoisotopic (exact) mass is 356 g/mol. The van der Waals surface area contributed by atoms with Crippen molar-refractivity contribution in [1.82, 2.24) is 0 Å². The number of hydrogen-bond acceptors (Lipinski definition) is 3. The van der Waals surface area contributed by atoms with Gasteiger partial charge >= 0.3 is 0 Å². The Bertz CT molecular complexity index is 803. The minimum absolute atomic E-state index is 0.145. The van der Waals surface area contributed by atoms with Crippen molar-refractivity contribution in [2.24, 2.45) is 0 Å². The first-order valence-electron chi connectivity index (χ1n) is 7.92. The van der Waals surface area contributed by atoms with Crippen LogP contribution in [0.25, 0.3) is 6.08 Å². The number of allylic oxidation sites excluding steroid dienone is 2. The summed E-state index contributed by atoms with van der Waals surface area (Å²) in [6, 6.07) is 12.5. The van der Waals surface area contributed by atoms with E-state index < -0.39 is 0 Å². The number of ketones is 1. The van der Waals surface area contributed by atoms with E-state index >= 15 is 0 Å². The Morgan fingerprint density at radius 2 is 1.88 bits per heavy atom. The fourth-order valence-electron chi connectivity index (χ4n) is 2.13. The number of rotatable bonds is 7. The van der Waals surface area contributed by atoms with Gasteiger partial charge < -0.3 is 9.47 Å². The molecule has 3 nitrogen and oxygen atoms in total. The third kappa shape index (κ3) is 5.50. The molecule has 0 aliphatic heterocycles. The van der Waals surface area contributed by atoms with Gasteiger partial charge in [0.2, 0.25) is 0 Å². The van der Waals surface area contributed by atoms with Crippen LogP contribution < -0.4 is 9.47 Å². The summed E-state index contributed by atoms with van der Waals surface area (Å²) in [5.41, 5.74) is 2.51. The molecule has 4 heteroatoms. The first kappa shape index (κ1) is 18.8. The zero-order valence-electron chi connectivity index (χ0n) is 14.6. The van der Waals surface area contributed by atoms with Crippen LogP contribution in [0.15, 0.2) is 60.2 Å². The lowest BCUT2D eigenvalue weighted by molar-refractivity contribution is 0.104. The van der Waals surface area contributed by atoms with E-state index in [9.17, 15) is 4.79 Å². The second-order valence-corrected chi connectivity index (χ2v) is 6.09. The van der Waals surface area contributed by atoms with Crippen molar-refractivity contribution < 1.29 is 14.3 Å². The van der Waals surface area contributed by atoms with E-state index in [1.54, 1.807) is 37.5 Å². The molecule has 0 fully saturated rings. The third-order valence-corrected chi connectivity index (χ3v) is 3.81. The zero-order valence-corrected chi connectivity index (χ0v) is 15.3. The van der Waals surface area contributed by atoms with Crippen LogP contribution in [-0.4, -0.2) is 19.5 Å². The van der Waals surface area contributed by atoms with Gasteiger partial charge in [0.25, 0.3) is 0 Å². The Morgan fingerprint density at radius 1 is 1.12 bits per heavy atom. The molecule has 0 radical (unpaired) electrons. The molecular weight excluding hydrogens is 336 g/mol. The molecule has 0 aromatic heterocycles. The molecule has 0 aliphatic rings. The number of carbonyl (C=O) groups excluding carboxylic acids is 1. The highest BCUT2D eigenvalue weighted by atomic mass is 35.5. The molecule has 2 aromatic carbocycles. The lowest BCUT2D eigenvalue weighted by Crippen LogP contribution is -1.97. The maximum absolute atomic E-state index is 12.2. The van der Waals surface area contributed by atoms with E-state index in [2.05, 4.69) is 0 Å². The van der Waals surface area contributed by atoms with Gasteiger partial charge in [0, 0.05) is 5.56 Å². The maximum Gasteiger partial charge on any atom is 0.187 e. The van der Waals surface area contributed by atoms with E-state index in [-0.39, 0.29) is 5.78 Å². The summed E-state index contributed by atoms with van der Waals surface area (Å²) in [5, 5.41) is 0.442. The molecule has 0 N–H and O–H groups in total. The summed E-state index contributed by atoms with van der Waals surface area (Å²) in [6.45, 7) is 4.52. The first-order valence-corrected chi connectivity index (χ1v) is 8.30. The molecule has 0 amide bonds. The molecule has 0 aliphatic carbocycles. The molecule has 0 saturated heterocycles. The number of hydrogen-bond donors (Lipinski definition) is 0. The van der Waals surface area contributed by atoms with Crippen molar-refractivity contribution in [3.8, 4) is 11.5 Å². The van der Waals surface area contributed by atoms with Gasteiger partial charge in [-0.3, -0.25) is 4.79 Å². The molecule has 2 rings (SSSR count). The lowest BCUT2D eigenvalue weighted by Gasteiger charge is -2.10. The van der Waals surface area contributed by atoms with Crippen LogP contribution in [0.2, 0.25) is 5.02 Å². The van der Waals surface area contributed by atoms with Gasteiger partial charge in [0.1, 0.15) is 6.61 Å². The molecule has 2 aromatic rings. The van der Waals surface area contributed by atoms with Crippen molar-refractivity contribution in [2.75, 3.05) is 13.7 Å². The van der Waals surface area contributed by atoms with E-state index in [0.29, 0.717) is 28.7 Å². The van der Waals surface area contributed by atoms with Crippen molar-refractivity contribution in [1.29, 1.82) is 0 Å². The van der Waals surface area contributed by atoms with Gasteiger partial charge in [-0.1, -0.05) is 41.4 Å². The standard InChI is InChI=1S/C21H21ClO3/c1-15(2)12-13-25-20-11-9-16(14-21(20)24-3)8-10-19(23)17-6-4-5-7-18(17)22/h4-12,14H,13H2,1-3H3/b10-8+. The Balaban J connectivity index is 2.13. The average molecular weight is 357 g/mol. The largest absolute Gasteiger partial charge is 0.493 e. The smallest absolute Gasteiger partial charge is 0.187 e. The first-order chi connectivity index (χ1) is 12.0. The Labute approximate surface area is 153 Å². The van der Waals surface area contributed by atoms with Gasteiger partial charge in [-0.05, 0) is 55.8 Å². The van der Waals surface area contributed by atoms with E-state index in [1.165, 1.54) is 11.6 Å². The summed E-state index contributed by atoms with van der Waals surface area (Å²) < 4.78 is 11.1. The summed E-state index contributed by atoms with van der Waals surface area (Å²) >= 11 is 6.04. The molecule has 0 spiro atoms. The molecule has 0 bridgehead atoms. The fourth-order valence-corrected chi connectivity index (χ4v) is 2.36. The number of methoxy groups -OCH3 is 1. The van der Waals surface area contributed by atoms with Crippen LogP contribution >= 0.6 is 11.6 Å². The lowest BCUT2D eigenvalue weighted by atomic mass is 10.1. The second kappa shape index (κ2) is 9.09. The predicted octanol–water partition coefficient (Wildman–Crippen LogP) is 5.59. The average Bonchev–Trinajstić information content (AvgIpc) is 2.60. The predicted molar refractivity (Wildman–Crippen MR) is 103 cm³/mol. The van der Waals surface area contributed by atoms with E-state index in [1.807, 2.05) is 38.1 Å². The van der Waals surface area contributed by atoms with Gasteiger partial charge in [0.05, 0.1) is 12.1 Å². The number of ether oxygens (including phenoxy) is 2. The van der Waals surface area contributed by atoms with Gasteiger partial charge in [-0.25, -0.2) is 0 Å². The van der Waals surface area contributed by atoms with Crippen LogP contribution in [0.1, 0.15) is 29.8 Å². The minimum atomic E-state index is -0.145. The fraction of sp³-hybridized carbons (Fsp3) is 0.190. The Hall–Kier alpha value is -2.52. The summed E-state index contributed by atoms with van der Waals surface area (Å²) in [6.07, 6.45) is 5.23. The SMILES string of the molecule is COc1cc(/C=C/C(=O)c2ccccc2Cl)ccc1OCC=C(C)C. The van der Waals surface area contributed by atoms with Crippen LogP contribution in [0, 0.1) is 0 Å². The number of halogens is 1. The van der Waals surface area contributed by atoms with Crippen LogP contribution in [0.3, 0.4) is 0 Å². The van der Waals surface area contributed by atoms with Crippen molar-refractivity contribution >= 4 is 23.5 Å². The van der Waals surface area contributed by atoms with E-state index in [4.69, 9.17) is 21.1 Å². The van der Waals surface area contributed by atoms with Crippen LogP contribution in [-0.2, 0) is 0 Å². The van der Waals surface area contributed by atoms with Crippen molar-refractivity contribution in [3.63, 3.8) is 0 Å². The summed E-state index contributed by atoms with van der Waals surface area (Å²) in [7, 11) is 1.59. The van der Waals surface area contributed by atoms with Crippen LogP contribution in [0.5, 0.6) is 11.5 Å². The minimum Gasteiger partial charge on any atom is -0.493 e. The molecule has 0 saturated carbocycles. The molecule has 25 heavy (non-hydrogen) atoms. The van der Waals surface area contributed by atoms with Crippen molar-refractivity contribution in [3.05, 3.63) is 76.3 Å².